The van der Waals surface area contributed by atoms with Gasteiger partial charge in [-0.2, -0.15) is 61.5 Å². The van der Waals surface area contributed by atoms with E-state index in [1.807, 2.05) is 12.2 Å². The smallest absolute Gasteiger partial charge is 0.384 e. The molecule has 0 fully saturated rings. The van der Waals surface area contributed by atoms with Crippen molar-refractivity contribution in [2.45, 2.75) is 138 Å². The molecule has 0 rings (SSSR count). The largest absolute Gasteiger partial charge is 0.465 e. The second-order valence-corrected chi connectivity index (χ2v) is 10.5. The van der Waals surface area contributed by atoms with Crippen molar-refractivity contribution in [2.24, 2.45) is 0 Å². The summed E-state index contributed by atoms with van der Waals surface area (Å²) in [5.41, 5.74) is 0. The Labute approximate surface area is 255 Å². The molecule has 0 radical (unpaired) electrons. The maximum Gasteiger partial charge on any atom is 0.384 e. The second-order valence-electron chi connectivity index (χ2n) is 10.5. The fraction of sp³-hybridized carbons (Fsp3) is 0.821. The van der Waals surface area contributed by atoms with E-state index in [1.54, 1.807) is 0 Å². The zero-order valence-corrected chi connectivity index (χ0v) is 24.7. The van der Waals surface area contributed by atoms with Gasteiger partial charge in [0, 0.05) is 6.42 Å². The molecular formula is C28H36F16O2. The van der Waals surface area contributed by atoms with Crippen molar-refractivity contribution in [2.75, 3.05) is 6.61 Å². The van der Waals surface area contributed by atoms with Crippen LogP contribution < -0.4 is 0 Å². The minimum Gasteiger partial charge on any atom is -0.465 e. The number of alkyl halides is 16. The van der Waals surface area contributed by atoms with Crippen LogP contribution in [0, 0.1) is 0 Å². The SMILES string of the molecule is CCCCC/C=C\C/C=C\CCCCCCCC(=O)OCCC(F)(F)C(F)(F)C(F)(F)C(F)(F)C(F)(F)C(F)(F)C(F)(F)C(F)F. The normalized spacial score (nSPS) is 14.7. The molecular weight excluding hydrogens is 672 g/mol. The van der Waals surface area contributed by atoms with Crippen molar-refractivity contribution in [1.29, 1.82) is 0 Å². The summed E-state index contributed by atoms with van der Waals surface area (Å²) in [4.78, 5) is 11.6. The van der Waals surface area contributed by atoms with E-state index in [4.69, 9.17) is 0 Å². The monoisotopic (exact) mass is 708 g/mol. The molecule has 0 amide bonds. The van der Waals surface area contributed by atoms with Crippen LogP contribution in [-0.4, -0.2) is 60.5 Å². The summed E-state index contributed by atoms with van der Waals surface area (Å²) in [5, 5.41) is 0. The van der Waals surface area contributed by atoms with E-state index < -0.39 is 73.3 Å². The molecule has 0 saturated carbocycles. The van der Waals surface area contributed by atoms with Gasteiger partial charge >= 0.3 is 53.9 Å². The van der Waals surface area contributed by atoms with Gasteiger partial charge in [-0.3, -0.25) is 4.79 Å². The summed E-state index contributed by atoms with van der Waals surface area (Å²) in [7, 11) is 0. The predicted molar refractivity (Wildman–Crippen MR) is 136 cm³/mol. The number of carbonyl (C=O) groups is 1. The van der Waals surface area contributed by atoms with E-state index in [0.717, 1.165) is 44.9 Å². The molecule has 0 N–H and O–H groups in total. The van der Waals surface area contributed by atoms with Crippen LogP contribution in [0.1, 0.15) is 90.4 Å². The molecule has 272 valence electrons. The molecule has 0 aromatic heterocycles. The van der Waals surface area contributed by atoms with Gasteiger partial charge in [0.2, 0.25) is 0 Å². The van der Waals surface area contributed by atoms with Gasteiger partial charge in [-0.25, -0.2) is 8.78 Å². The summed E-state index contributed by atoms with van der Waals surface area (Å²) in [6, 6.07) is 0. The van der Waals surface area contributed by atoms with Crippen molar-refractivity contribution >= 4 is 5.97 Å². The van der Waals surface area contributed by atoms with Crippen LogP contribution in [0.3, 0.4) is 0 Å². The van der Waals surface area contributed by atoms with Crippen LogP contribution in [-0.2, 0) is 9.53 Å². The third-order valence-corrected chi connectivity index (χ3v) is 6.74. The Morgan fingerprint density at radius 1 is 0.587 bits per heavy atom. The molecule has 0 aliphatic carbocycles. The predicted octanol–water partition coefficient (Wildman–Crippen LogP) is 11.4. The highest BCUT2D eigenvalue weighted by Crippen LogP contribution is 2.63. The molecule has 0 aromatic carbocycles. The van der Waals surface area contributed by atoms with Gasteiger partial charge < -0.3 is 4.74 Å². The first-order valence-electron chi connectivity index (χ1n) is 14.3. The molecule has 0 aliphatic rings. The molecule has 0 atom stereocenters. The Hall–Kier alpha value is -2.17. The highest BCUT2D eigenvalue weighted by molar-refractivity contribution is 5.69. The number of carbonyl (C=O) groups excluding carboxylic acids is 1. The molecule has 0 bridgehead atoms. The lowest BCUT2D eigenvalue weighted by atomic mass is 9.88. The zero-order valence-electron chi connectivity index (χ0n) is 24.7. The standard InChI is InChI=1S/C28H36F16O2/c1-2-3-4-5-6-7-8-9-10-11-12-13-14-15-16-17-20(45)46-19-18-22(31,32)24(35,36)26(39,40)28(43,44)27(41,42)25(37,38)23(33,34)21(29)30/h6-7,9-10,21H,2-5,8,11-19H2,1H3/b7-6-,10-9-. The van der Waals surface area contributed by atoms with Crippen molar-refractivity contribution in [3.63, 3.8) is 0 Å². The number of esters is 1. The number of hydrogen-bond acceptors (Lipinski definition) is 2. The second kappa shape index (κ2) is 17.8. The zero-order chi connectivity index (χ0) is 36.1. The van der Waals surface area contributed by atoms with E-state index in [2.05, 4.69) is 23.8 Å². The van der Waals surface area contributed by atoms with Gasteiger partial charge in [-0.05, 0) is 38.5 Å². The average molecular weight is 709 g/mol. The maximum absolute atomic E-state index is 13.9. The lowest BCUT2D eigenvalue weighted by Crippen LogP contribution is -2.73. The fourth-order valence-electron chi connectivity index (χ4n) is 3.77. The van der Waals surface area contributed by atoms with Crippen molar-refractivity contribution < 1.29 is 79.8 Å². The number of hydrogen-bond donors (Lipinski definition) is 0. The highest BCUT2D eigenvalue weighted by atomic mass is 19.4. The maximum atomic E-state index is 13.9. The Balaban J connectivity index is 4.85. The molecule has 46 heavy (non-hydrogen) atoms. The summed E-state index contributed by atoms with van der Waals surface area (Å²) < 4.78 is 218. The van der Waals surface area contributed by atoms with Crippen LogP contribution in [0.5, 0.6) is 0 Å². The molecule has 2 nitrogen and oxygen atoms in total. The van der Waals surface area contributed by atoms with Crippen molar-refractivity contribution in [1.82, 2.24) is 0 Å². The number of allylic oxidation sites excluding steroid dienone is 4. The van der Waals surface area contributed by atoms with Crippen LogP contribution in [0.25, 0.3) is 0 Å². The third-order valence-electron chi connectivity index (χ3n) is 6.74. The first-order valence-corrected chi connectivity index (χ1v) is 14.3. The molecule has 0 saturated heterocycles. The molecule has 0 spiro atoms. The number of rotatable bonds is 24. The van der Waals surface area contributed by atoms with Crippen LogP contribution in [0.2, 0.25) is 0 Å². The topological polar surface area (TPSA) is 26.3 Å². The van der Waals surface area contributed by atoms with Gasteiger partial charge in [-0.15, -0.1) is 0 Å². The lowest BCUT2D eigenvalue weighted by molar-refractivity contribution is -0.447. The number of ether oxygens (including phenoxy) is 1. The van der Waals surface area contributed by atoms with Crippen molar-refractivity contribution in [3.05, 3.63) is 24.3 Å². The van der Waals surface area contributed by atoms with E-state index >= 15 is 0 Å². The summed E-state index contributed by atoms with van der Waals surface area (Å²) >= 11 is 0. The highest BCUT2D eigenvalue weighted by Gasteiger charge is 2.93. The lowest BCUT2D eigenvalue weighted by Gasteiger charge is -2.42. The van der Waals surface area contributed by atoms with E-state index in [0.29, 0.717) is 12.8 Å². The van der Waals surface area contributed by atoms with Gasteiger partial charge in [0.1, 0.15) is 0 Å². The minimum absolute atomic E-state index is 0.112. The molecule has 0 aliphatic heterocycles. The van der Waals surface area contributed by atoms with Crippen LogP contribution >= 0.6 is 0 Å². The average Bonchev–Trinajstić information content (AvgIpc) is 2.94. The fourth-order valence-corrected chi connectivity index (χ4v) is 3.77. The Morgan fingerprint density at radius 2 is 1.02 bits per heavy atom. The molecule has 0 heterocycles. The minimum atomic E-state index is -8.44. The van der Waals surface area contributed by atoms with Gasteiger partial charge in [0.15, 0.2) is 0 Å². The Morgan fingerprint density at radius 3 is 1.52 bits per heavy atom. The molecule has 0 aromatic rings. The quantitative estimate of drug-likeness (QED) is 0.0432. The molecule has 0 unspecified atom stereocenters. The van der Waals surface area contributed by atoms with Gasteiger partial charge in [-0.1, -0.05) is 63.3 Å². The van der Waals surface area contributed by atoms with E-state index in [9.17, 15) is 75.0 Å². The first-order chi connectivity index (χ1) is 20.9. The van der Waals surface area contributed by atoms with Crippen molar-refractivity contribution in [3.8, 4) is 0 Å². The van der Waals surface area contributed by atoms with E-state index in [1.165, 1.54) is 6.42 Å². The van der Waals surface area contributed by atoms with Crippen LogP contribution in [0.15, 0.2) is 24.3 Å². The van der Waals surface area contributed by atoms with Crippen LogP contribution in [0.4, 0.5) is 70.2 Å². The first kappa shape index (κ1) is 43.8. The Bertz CT molecular complexity index is 961. The number of halogens is 16. The third kappa shape index (κ3) is 10.4. The summed E-state index contributed by atoms with van der Waals surface area (Å²) in [6.45, 7) is 0.252. The van der Waals surface area contributed by atoms with E-state index in [-0.39, 0.29) is 6.42 Å². The summed E-state index contributed by atoms with van der Waals surface area (Å²) in [6.07, 6.45) is 7.87. The van der Waals surface area contributed by atoms with Gasteiger partial charge in [0.05, 0.1) is 13.0 Å². The number of unbranched alkanes of at least 4 members (excludes halogenated alkanes) is 8. The van der Waals surface area contributed by atoms with Gasteiger partial charge in [0.25, 0.3) is 0 Å². The Kier molecular flexibility index (Phi) is 17.0. The molecule has 18 heteroatoms. The summed E-state index contributed by atoms with van der Waals surface area (Å²) in [5.74, 6) is -56.1.